The first-order chi connectivity index (χ1) is 14.3. The second-order valence-electron chi connectivity index (χ2n) is 8.03. The smallest absolute Gasteiger partial charge is 0.181 e. The molecule has 1 atom stereocenters. The number of aromatic hydroxyl groups is 3. The third-order valence-corrected chi connectivity index (χ3v) is 5.30. The van der Waals surface area contributed by atoms with Gasteiger partial charge in [0.25, 0.3) is 0 Å². The number of hydrogen-bond donors (Lipinski definition) is 3. The molecule has 0 amide bonds. The summed E-state index contributed by atoms with van der Waals surface area (Å²) >= 11 is 0. The molecule has 158 valence electrons. The van der Waals surface area contributed by atoms with Crippen LogP contribution in [0.2, 0.25) is 0 Å². The first kappa shape index (κ1) is 21.5. The van der Waals surface area contributed by atoms with Crippen LogP contribution in [0.1, 0.15) is 61.0 Å². The number of rotatable bonds is 6. The summed E-state index contributed by atoms with van der Waals surface area (Å²) in [6, 6.07) is 7.58. The maximum Gasteiger partial charge on any atom is 0.181 e. The van der Waals surface area contributed by atoms with E-state index < -0.39 is 5.92 Å². The summed E-state index contributed by atoms with van der Waals surface area (Å²) in [5.74, 6) is -0.939. The number of hydrogen-bond acceptors (Lipinski definition) is 5. The molecule has 0 spiro atoms. The fraction of sp³-hybridized carbons (Fsp3) is 0.320. The van der Waals surface area contributed by atoms with Gasteiger partial charge in [0.15, 0.2) is 5.78 Å². The summed E-state index contributed by atoms with van der Waals surface area (Å²) in [6.07, 6.45) is 6.82. The number of phenolic OH excluding ortho intramolecular Hbond substituents is 3. The fourth-order valence-electron chi connectivity index (χ4n) is 3.58. The molecule has 1 unspecified atom stereocenters. The number of phenols is 3. The molecule has 0 aliphatic carbocycles. The SMILES string of the molecule is CC(C)=CCC/C(C)=C/Cc1cc(C2COc3cc(O)cc(O)c3C2=O)ccc1O. The highest BCUT2D eigenvalue weighted by atomic mass is 16.5. The van der Waals surface area contributed by atoms with Crippen molar-refractivity contribution in [2.45, 2.75) is 46.0 Å². The van der Waals surface area contributed by atoms with E-state index in [2.05, 4.69) is 32.9 Å². The largest absolute Gasteiger partial charge is 0.508 e. The van der Waals surface area contributed by atoms with Crippen molar-refractivity contribution in [2.24, 2.45) is 0 Å². The van der Waals surface area contributed by atoms with E-state index in [-0.39, 0.29) is 41.0 Å². The van der Waals surface area contributed by atoms with Gasteiger partial charge in [-0.2, -0.15) is 0 Å². The molecule has 2 aromatic rings. The number of Topliss-reactive ketones (excluding diaryl/α,β-unsaturated/α-hetero) is 1. The van der Waals surface area contributed by atoms with Gasteiger partial charge < -0.3 is 20.1 Å². The van der Waals surface area contributed by atoms with Crippen LogP contribution in [0.5, 0.6) is 23.0 Å². The molecule has 1 aliphatic heterocycles. The Kier molecular flexibility index (Phi) is 6.50. The number of fused-ring (bicyclic) bond motifs is 1. The van der Waals surface area contributed by atoms with E-state index in [1.54, 1.807) is 12.1 Å². The average molecular weight is 408 g/mol. The topological polar surface area (TPSA) is 87.0 Å². The number of allylic oxidation sites excluding steroid dienone is 4. The highest BCUT2D eigenvalue weighted by Gasteiger charge is 2.33. The minimum Gasteiger partial charge on any atom is -0.508 e. The molecule has 0 radical (unpaired) electrons. The molecule has 1 heterocycles. The molecule has 0 saturated heterocycles. The zero-order valence-corrected chi connectivity index (χ0v) is 17.6. The minimum atomic E-state index is -0.588. The first-order valence-corrected chi connectivity index (χ1v) is 10.1. The Morgan fingerprint density at radius 1 is 1.07 bits per heavy atom. The summed E-state index contributed by atoms with van der Waals surface area (Å²) in [5, 5.41) is 30.0. The third kappa shape index (κ3) is 4.85. The molecule has 5 heteroatoms. The highest BCUT2D eigenvalue weighted by Crippen LogP contribution is 2.40. The summed E-state index contributed by atoms with van der Waals surface area (Å²) in [6.45, 7) is 6.35. The zero-order chi connectivity index (χ0) is 21.8. The normalized spacial score (nSPS) is 16.0. The van der Waals surface area contributed by atoms with Crippen molar-refractivity contribution in [3.05, 3.63) is 70.3 Å². The number of ether oxygens (including phenoxy) is 1. The Morgan fingerprint density at radius 2 is 1.83 bits per heavy atom. The monoisotopic (exact) mass is 408 g/mol. The lowest BCUT2D eigenvalue weighted by Crippen LogP contribution is -2.26. The molecule has 5 nitrogen and oxygen atoms in total. The maximum absolute atomic E-state index is 13.0. The third-order valence-electron chi connectivity index (χ3n) is 5.30. The Bertz CT molecular complexity index is 1010. The van der Waals surface area contributed by atoms with Gasteiger partial charge in [0.1, 0.15) is 35.2 Å². The molecule has 1 aliphatic rings. The van der Waals surface area contributed by atoms with Crippen LogP contribution in [0.4, 0.5) is 0 Å². The van der Waals surface area contributed by atoms with E-state index in [4.69, 9.17) is 4.74 Å². The van der Waals surface area contributed by atoms with E-state index in [0.29, 0.717) is 6.42 Å². The van der Waals surface area contributed by atoms with E-state index in [0.717, 1.165) is 30.0 Å². The molecule has 30 heavy (non-hydrogen) atoms. The van der Waals surface area contributed by atoms with E-state index in [1.807, 2.05) is 6.07 Å². The van der Waals surface area contributed by atoms with Crippen molar-refractivity contribution in [2.75, 3.05) is 6.61 Å². The second kappa shape index (κ2) is 9.08. The van der Waals surface area contributed by atoms with Crippen LogP contribution in [0.15, 0.2) is 53.6 Å². The molecular weight excluding hydrogens is 380 g/mol. The van der Waals surface area contributed by atoms with Crippen LogP contribution in [0.3, 0.4) is 0 Å². The summed E-state index contributed by atoms with van der Waals surface area (Å²) in [5.41, 5.74) is 4.08. The predicted molar refractivity (Wildman–Crippen MR) is 117 cm³/mol. The molecule has 3 N–H and O–H groups in total. The van der Waals surface area contributed by atoms with Gasteiger partial charge in [-0.1, -0.05) is 35.4 Å². The second-order valence-corrected chi connectivity index (χ2v) is 8.03. The molecule has 2 aromatic carbocycles. The van der Waals surface area contributed by atoms with Crippen molar-refractivity contribution >= 4 is 5.78 Å². The van der Waals surface area contributed by atoms with E-state index in [9.17, 15) is 20.1 Å². The molecule has 0 bridgehead atoms. The van der Waals surface area contributed by atoms with Gasteiger partial charge in [0.2, 0.25) is 0 Å². The quantitative estimate of drug-likeness (QED) is 0.557. The van der Waals surface area contributed by atoms with Crippen LogP contribution >= 0.6 is 0 Å². The Hall–Kier alpha value is -3.21. The first-order valence-electron chi connectivity index (χ1n) is 10.1. The molecule has 0 saturated carbocycles. The predicted octanol–water partition coefficient (Wildman–Crippen LogP) is 5.40. The van der Waals surface area contributed by atoms with Crippen LogP contribution in [0.25, 0.3) is 0 Å². The summed E-state index contributed by atoms with van der Waals surface area (Å²) in [7, 11) is 0. The van der Waals surface area contributed by atoms with Gasteiger partial charge in [-0.25, -0.2) is 0 Å². The Balaban J connectivity index is 1.80. The van der Waals surface area contributed by atoms with E-state index >= 15 is 0 Å². The van der Waals surface area contributed by atoms with Crippen molar-refractivity contribution in [3.8, 4) is 23.0 Å². The standard InChI is InChI=1S/C25H28O5/c1-15(2)5-4-6-16(3)7-8-18-11-17(9-10-21(18)27)20-14-30-23-13-19(26)12-22(28)24(23)25(20)29/h5,7,9-13,20,26-28H,4,6,8,14H2,1-3H3/b16-7+. The molecule has 0 fully saturated rings. The number of ketones is 1. The lowest BCUT2D eigenvalue weighted by molar-refractivity contribution is 0.0892. The van der Waals surface area contributed by atoms with Crippen molar-refractivity contribution in [3.63, 3.8) is 0 Å². The van der Waals surface area contributed by atoms with Crippen LogP contribution in [-0.2, 0) is 6.42 Å². The number of carbonyl (C=O) groups is 1. The van der Waals surface area contributed by atoms with Gasteiger partial charge in [-0.3, -0.25) is 4.79 Å². The highest BCUT2D eigenvalue weighted by molar-refractivity contribution is 6.06. The van der Waals surface area contributed by atoms with Gasteiger partial charge >= 0.3 is 0 Å². The molecule has 0 aromatic heterocycles. The zero-order valence-electron chi connectivity index (χ0n) is 17.6. The van der Waals surface area contributed by atoms with Gasteiger partial charge in [0.05, 0.1) is 5.92 Å². The van der Waals surface area contributed by atoms with Gasteiger partial charge in [-0.05, 0) is 57.2 Å². The lowest BCUT2D eigenvalue weighted by atomic mass is 9.87. The van der Waals surface area contributed by atoms with Crippen molar-refractivity contribution < 1.29 is 24.9 Å². The number of carbonyl (C=O) groups excluding carboxylic acids is 1. The fourth-order valence-corrected chi connectivity index (χ4v) is 3.58. The Morgan fingerprint density at radius 3 is 2.57 bits per heavy atom. The lowest BCUT2D eigenvalue weighted by Gasteiger charge is -2.25. The minimum absolute atomic E-state index is 0.0775. The van der Waals surface area contributed by atoms with Gasteiger partial charge in [-0.15, -0.1) is 0 Å². The summed E-state index contributed by atoms with van der Waals surface area (Å²) < 4.78 is 5.63. The van der Waals surface area contributed by atoms with Crippen LogP contribution < -0.4 is 4.74 Å². The molecule has 3 rings (SSSR count). The van der Waals surface area contributed by atoms with Crippen molar-refractivity contribution in [1.82, 2.24) is 0 Å². The van der Waals surface area contributed by atoms with Crippen molar-refractivity contribution in [1.29, 1.82) is 0 Å². The average Bonchev–Trinajstić information content (AvgIpc) is 2.67. The Labute approximate surface area is 177 Å². The van der Waals surface area contributed by atoms with Crippen LogP contribution in [-0.4, -0.2) is 27.7 Å². The van der Waals surface area contributed by atoms with Crippen LogP contribution in [0, 0.1) is 0 Å². The van der Waals surface area contributed by atoms with Gasteiger partial charge in [0, 0.05) is 12.1 Å². The molecular formula is C25H28O5. The summed E-state index contributed by atoms with van der Waals surface area (Å²) in [4.78, 5) is 13.0. The maximum atomic E-state index is 13.0. The van der Waals surface area contributed by atoms with E-state index in [1.165, 1.54) is 17.2 Å². The number of benzene rings is 2.